The second kappa shape index (κ2) is 5.82. The predicted octanol–water partition coefficient (Wildman–Crippen LogP) is 2.83. The van der Waals surface area contributed by atoms with Crippen LogP contribution in [0.5, 0.6) is 0 Å². The van der Waals surface area contributed by atoms with Crippen LogP contribution in [-0.2, 0) is 10.2 Å². The van der Waals surface area contributed by atoms with Crippen LogP contribution in [0.15, 0.2) is 4.52 Å². The number of nitrogens with zero attached hydrogens (tertiary/aromatic N) is 2. The zero-order chi connectivity index (χ0) is 14.8. The van der Waals surface area contributed by atoms with Crippen LogP contribution in [0.3, 0.4) is 0 Å². The maximum absolute atomic E-state index is 5.83. The first-order valence-corrected chi connectivity index (χ1v) is 7.53. The molecule has 5 nitrogen and oxygen atoms in total. The summed E-state index contributed by atoms with van der Waals surface area (Å²) in [7, 11) is 0. The Morgan fingerprint density at radius 1 is 1.45 bits per heavy atom. The molecule has 1 aromatic heterocycles. The lowest BCUT2D eigenvalue weighted by molar-refractivity contribution is -0.0203. The Hall–Kier alpha value is -0.940. The summed E-state index contributed by atoms with van der Waals surface area (Å²) < 4.78 is 11.4. The van der Waals surface area contributed by atoms with Gasteiger partial charge in [0, 0.05) is 13.2 Å². The van der Waals surface area contributed by atoms with Gasteiger partial charge < -0.3 is 14.6 Å². The largest absolute Gasteiger partial charge is 0.370 e. The van der Waals surface area contributed by atoms with Gasteiger partial charge in [0.1, 0.15) is 6.10 Å². The minimum absolute atomic E-state index is 0.0527. The second-order valence-corrected chi connectivity index (χ2v) is 7.00. The van der Waals surface area contributed by atoms with Gasteiger partial charge in [0.2, 0.25) is 11.7 Å². The van der Waals surface area contributed by atoms with Crippen molar-refractivity contribution in [2.75, 3.05) is 19.7 Å². The molecule has 1 aromatic rings. The Bertz CT molecular complexity index is 431. The normalized spacial score (nSPS) is 25.6. The van der Waals surface area contributed by atoms with E-state index in [0.29, 0.717) is 12.4 Å². The average Bonchev–Trinajstić information content (AvgIpc) is 2.85. The van der Waals surface area contributed by atoms with Crippen LogP contribution in [0.25, 0.3) is 0 Å². The van der Waals surface area contributed by atoms with E-state index in [1.54, 1.807) is 0 Å². The molecule has 1 fully saturated rings. The highest BCUT2D eigenvalue weighted by Gasteiger charge is 2.37. The van der Waals surface area contributed by atoms with Gasteiger partial charge >= 0.3 is 0 Å². The molecule has 0 spiro atoms. The molecule has 0 aliphatic carbocycles. The number of rotatable bonds is 4. The Morgan fingerprint density at radius 3 is 2.75 bits per heavy atom. The lowest BCUT2D eigenvalue weighted by Crippen LogP contribution is -2.41. The third-order valence-corrected chi connectivity index (χ3v) is 3.91. The lowest BCUT2D eigenvalue weighted by atomic mass is 9.82. The van der Waals surface area contributed by atoms with Crippen LogP contribution in [-0.4, -0.2) is 29.8 Å². The van der Waals surface area contributed by atoms with E-state index in [0.717, 1.165) is 31.8 Å². The van der Waals surface area contributed by atoms with Crippen LogP contribution in [0, 0.1) is 5.41 Å². The standard InChI is InChI=1S/C15H27N3O2/c1-6-19-11(14(2,3)4)12-17-13(20-18-12)15(5)8-7-9-16-10-15/h11,16H,6-10H2,1-5H3. The number of ether oxygens (including phenoxy) is 1. The summed E-state index contributed by atoms with van der Waals surface area (Å²) in [6, 6.07) is 0. The Kier molecular flexibility index (Phi) is 4.49. The first kappa shape index (κ1) is 15.4. The van der Waals surface area contributed by atoms with E-state index in [9.17, 15) is 0 Å². The van der Waals surface area contributed by atoms with Crippen molar-refractivity contribution in [3.05, 3.63) is 11.7 Å². The van der Waals surface area contributed by atoms with Crippen LogP contribution in [0.1, 0.15) is 65.3 Å². The molecule has 0 radical (unpaired) electrons. The molecular weight excluding hydrogens is 254 g/mol. The maximum Gasteiger partial charge on any atom is 0.233 e. The van der Waals surface area contributed by atoms with E-state index >= 15 is 0 Å². The minimum atomic E-state index is -0.134. The minimum Gasteiger partial charge on any atom is -0.370 e. The summed E-state index contributed by atoms with van der Waals surface area (Å²) in [5.74, 6) is 1.40. The van der Waals surface area contributed by atoms with E-state index in [4.69, 9.17) is 9.26 Å². The predicted molar refractivity (Wildman–Crippen MR) is 77.6 cm³/mol. The van der Waals surface area contributed by atoms with Crippen molar-refractivity contribution >= 4 is 0 Å². The van der Waals surface area contributed by atoms with Gasteiger partial charge in [0.15, 0.2) is 0 Å². The van der Waals surface area contributed by atoms with Gasteiger partial charge in [-0.1, -0.05) is 25.9 Å². The fourth-order valence-electron chi connectivity index (χ4n) is 2.70. The van der Waals surface area contributed by atoms with E-state index < -0.39 is 0 Å². The Morgan fingerprint density at radius 2 is 2.20 bits per heavy atom. The number of hydrogen-bond acceptors (Lipinski definition) is 5. The van der Waals surface area contributed by atoms with Gasteiger partial charge in [-0.15, -0.1) is 0 Å². The van der Waals surface area contributed by atoms with Gasteiger partial charge in [-0.05, 0) is 38.6 Å². The Labute approximate surface area is 121 Å². The van der Waals surface area contributed by atoms with Gasteiger partial charge in [0.05, 0.1) is 5.41 Å². The van der Waals surface area contributed by atoms with Gasteiger partial charge in [-0.25, -0.2) is 0 Å². The molecule has 2 atom stereocenters. The fourth-order valence-corrected chi connectivity index (χ4v) is 2.70. The second-order valence-electron chi connectivity index (χ2n) is 7.00. The summed E-state index contributed by atoms with van der Waals surface area (Å²) in [6.07, 6.45) is 2.09. The third kappa shape index (κ3) is 3.20. The number of aromatic nitrogens is 2. The van der Waals surface area contributed by atoms with Crippen LogP contribution in [0.4, 0.5) is 0 Å². The van der Waals surface area contributed by atoms with E-state index in [1.165, 1.54) is 0 Å². The molecule has 1 N–H and O–H groups in total. The molecule has 1 aliphatic rings. The number of hydrogen-bond donors (Lipinski definition) is 1. The third-order valence-electron chi connectivity index (χ3n) is 3.91. The molecule has 5 heteroatoms. The molecule has 0 amide bonds. The smallest absolute Gasteiger partial charge is 0.233 e. The molecule has 0 saturated carbocycles. The monoisotopic (exact) mass is 281 g/mol. The summed E-state index contributed by atoms with van der Waals surface area (Å²) in [5.41, 5.74) is -0.110. The first-order valence-electron chi connectivity index (χ1n) is 7.53. The van der Waals surface area contributed by atoms with Crippen LogP contribution < -0.4 is 5.32 Å². The molecule has 2 rings (SSSR count). The van der Waals surface area contributed by atoms with Crippen molar-refractivity contribution in [3.8, 4) is 0 Å². The topological polar surface area (TPSA) is 60.2 Å². The van der Waals surface area contributed by atoms with Crippen LogP contribution in [0.2, 0.25) is 0 Å². The van der Waals surface area contributed by atoms with Crippen molar-refractivity contribution in [2.24, 2.45) is 5.41 Å². The molecule has 20 heavy (non-hydrogen) atoms. The molecule has 1 aliphatic heterocycles. The summed E-state index contributed by atoms with van der Waals surface area (Å²) >= 11 is 0. The maximum atomic E-state index is 5.83. The highest BCUT2D eigenvalue weighted by molar-refractivity contribution is 5.08. The van der Waals surface area contributed by atoms with Gasteiger partial charge in [0.25, 0.3) is 0 Å². The van der Waals surface area contributed by atoms with E-state index in [2.05, 4.69) is 43.2 Å². The van der Waals surface area contributed by atoms with Crippen molar-refractivity contribution in [3.63, 3.8) is 0 Å². The fraction of sp³-hybridized carbons (Fsp3) is 0.867. The van der Waals surface area contributed by atoms with Gasteiger partial charge in [-0.2, -0.15) is 4.98 Å². The van der Waals surface area contributed by atoms with Crippen molar-refractivity contribution in [1.82, 2.24) is 15.5 Å². The summed E-state index contributed by atoms with van der Waals surface area (Å²) in [5, 5.41) is 7.59. The zero-order valence-electron chi connectivity index (χ0n) is 13.3. The zero-order valence-corrected chi connectivity index (χ0v) is 13.3. The van der Waals surface area contributed by atoms with Crippen molar-refractivity contribution in [2.45, 2.75) is 59.0 Å². The van der Waals surface area contributed by atoms with Gasteiger partial charge in [-0.3, -0.25) is 0 Å². The summed E-state index contributed by atoms with van der Waals surface area (Å²) in [4.78, 5) is 4.65. The van der Waals surface area contributed by atoms with E-state index in [1.807, 2.05) is 6.92 Å². The SMILES string of the molecule is CCOC(c1noc(C2(C)CCCNC2)n1)C(C)(C)C. The lowest BCUT2D eigenvalue weighted by Gasteiger charge is -2.30. The van der Waals surface area contributed by atoms with E-state index in [-0.39, 0.29) is 16.9 Å². The summed E-state index contributed by atoms with van der Waals surface area (Å²) in [6.45, 7) is 13.2. The van der Waals surface area contributed by atoms with Crippen molar-refractivity contribution < 1.29 is 9.26 Å². The molecule has 2 unspecified atom stereocenters. The van der Waals surface area contributed by atoms with Crippen LogP contribution >= 0.6 is 0 Å². The molecule has 1 saturated heterocycles. The Balaban J connectivity index is 2.22. The number of piperidine rings is 1. The highest BCUT2D eigenvalue weighted by atomic mass is 16.5. The number of nitrogens with one attached hydrogen (secondary N) is 1. The first-order chi connectivity index (χ1) is 9.37. The average molecular weight is 281 g/mol. The quantitative estimate of drug-likeness (QED) is 0.919. The molecule has 0 bridgehead atoms. The highest BCUT2D eigenvalue weighted by Crippen LogP contribution is 2.36. The molecule has 114 valence electrons. The molecular formula is C15H27N3O2. The molecule has 0 aromatic carbocycles. The molecule has 2 heterocycles. The van der Waals surface area contributed by atoms with Crippen molar-refractivity contribution in [1.29, 1.82) is 0 Å².